The van der Waals surface area contributed by atoms with Crippen molar-refractivity contribution in [1.82, 2.24) is 9.47 Å². The molecule has 0 bridgehead atoms. The molecule has 0 N–H and O–H groups in total. The first kappa shape index (κ1) is 13.0. The van der Waals surface area contributed by atoms with Gasteiger partial charge in [-0.1, -0.05) is 20.8 Å². The fourth-order valence-corrected chi connectivity index (χ4v) is 1.75. The summed E-state index contributed by atoms with van der Waals surface area (Å²) in [6, 6.07) is 1.91. The molecule has 1 heterocycles. The third-order valence-corrected chi connectivity index (χ3v) is 2.96. The lowest BCUT2D eigenvalue weighted by Crippen LogP contribution is -2.26. The quantitative estimate of drug-likeness (QED) is 0.662. The first-order valence-corrected chi connectivity index (χ1v) is 6.12. The average Bonchev–Trinajstić information content (AvgIpc) is 2.78. The van der Waals surface area contributed by atoms with Crippen molar-refractivity contribution in [1.29, 1.82) is 0 Å². The minimum absolute atomic E-state index is 0.224. The summed E-state index contributed by atoms with van der Waals surface area (Å²) in [5, 5.41) is 0. The van der Waals surface area contributed by atoms with Crippen molar-refractivity contribution in [3.05, 3.63) is 24.0 Å². The maximum Gasteiger partial charge on any atom is 0.164 e. The number of Topliss-reactive ketones (excluding diaryl/α,β-unsaturated/α-hetero) is 1. The van der Waals surface area contributed by atoms with Crippen LogP contribution in [0.15, 0.2) is 18.5 Å². The van der Waals surface area contributed by atoms with Gasteiger partial charge in [0.2, 0.25) is 0 Å². The summed E-state index contributed by atoms with van der Waals surface area (Å²) in [5.41, 5.74) is 0.835. The van der Waals surface area contributed by atoms with Crippen LogP contribution >= 0.6 is 0 Å². The number of aromatic nitrogens is 1. The molecule has 0 saturated carbocycles. The minimum Gasteiger partial charge on any atom is -0.352 e. The molecular weight excluding hydrogens is 200 g/mol. The van der Waals surface area contributed by atoms with E-state index in [0.717, 1.165) is 31.7 Å². The maximum absolute atomic E-state index is 11.5. The topological polar surface area (TPSA) is 25.2 Å². The fourth-order valence-electron chi connectivity index (χ4n) is 1.75. The van der Waals surface area contributed by atoms with E-state index in [0.29, 0.717) is 6.42 Å². The zero-order chi connectivity index (χ0) is 12.0. The van der Waals surface area contributed by atoms with Crippen LogP contribution in [0.1, 0.15) is 37.6 Å². The average molecular weight is 222 g/mol. The molecular formula is C13H22N2O. The van der Waals surface area contributed by atoms with Crippen LogP contribution in [0, 0.1) is 0 Å². The number of hydrogen-bond donors (Lipinski definition) is 0. The van der Waals surface area contributed by atoms with E-state index in [1.165, 1.54) is 0 Å². The summed E-state index contributed by atoms with van der Waals surface area (Å²) in [5.74, 6) is 0.224. The van der Waals surface area contributed by atoms with Crippen molar-refractivity contribution in [3.63, 3.8) is 0 Å². The van der Waals surface area contributed by atoms with Crippen molar-refractivity contribution in [2.45, 2.75) is 33.7 Å². The Hall–Kier alpha value is -1.09. The minimum atomic E-state index is 0.224. The van der Waals surface area contributed by atoms with Crippen LogP contribution in [0.4, 0.5) is 0 Å². The fraction of sp³-hybridized carbons (Fsp3) is 0.615. The van der Waals surface area contributed by atoms with Crippen molar-refractivity contribution in [2.24, 2.45) is 0 Å². The molecule has 0 radical (unpaired) electrons. The van der Waals surface area contributed by atoms with E-state index in [-0.39, 0.29) is 5.78 Å². The molecule has 90 valence electrons. The van der Waals surface area contributed by atoms with Crippen LogP contribution in [0.3, 0.4) is 0 Å². The summed E-state index contributed by atoms with van der Waals surface area (Å²) < 4.78 is 2.10. The highest BCUT2D eigenvalue weighted by atomic mass is 16.1. The molecule has 0 aliphatic rings. The van der Waals surface area contributed by atoms with Crippen LogP contribution in [0.25, 0.3) is 0 Å². The molecule has 16 heavy (non-hydrogen) atoms. The predicted octanol–water partition coefficient (Wildman–Crippen LogP) is 2.42. The molecule has 0 fully saturated rings. The van der Waals surface area contributed by atoms with Gasteiger partial charge in [0, 0.05) is 37.5 Å². The number of ketones is 1. The monoisotopic (exact) mass is 222 g/mol. The number of rotatable bonds is 7. The van der Waals surface area contributed by atoms with Crippen LogP contribution in [0.2, 0.25) is 0 Å². The van der Waals surface area contributed by atoms with Gasteiger partial charge in [0.15, 0.2) is 5.78 Å². The van der Waals surface area contributed by atoms with Gasteiger partial charge >= 0.3 is 0 Å². The SMILES string of the molecule is CCC(=O)c1ccn(CCN(CC)CC)c1. The van der Waals surface area contributed by atoms with Gasteiger partial charge in [-0.2, -0.15) is 0 Å². The Morgan fingerprint density at radius 2 is 2.00 bits per heavy atom. The van der Waals surface area contributed by atoms with Gasteiger partial charge in [-0.3, -0.25) is 4.79 Å². The second-order valence-corrected chi connectivity index (χ2v) is 3.94. The lowest BCUT2D eigenvalue weighted by molar-refractivity contribution is 0.0988. The van der Waals surface area contributed by atoms with Gasteiger partial charge in [0.05, 0.1) is 0 Å². The molecule has 0 aliphatic heterocycles. The van der Waals surface area contributed by atoms with E-state index in [1.807, 2.05) is 25.4 Å². The highest BCUT2D eigenvalue weighted by Crippen LogP contribution is 2.05. The van der Waals surface area contributed by atoms with Crippen molar-refractivity contribution in [2.75, 3.05) is 19.6 Å². The summed E-state index contributed by atoms with van der Waals surface area (Å²) in [6.45, 7) is 10.4. The molecule has 3 nitrogen and oxygen atoms in total. The second kappa shape index (κ2) is 6.48. The number of likely N-dealkylation sites (N-methyl/N-ethyl adjacent to an activating group) is 1. The maximum atomic E-state index is 11.5. The van der Waals surface area contributed by atoms with Crippen LogP contribution in [0.5, 0.6) is 0 Å². The molecule has 1 rings (SSSR count). The zero-order valence-corrected chi connectivity index (χ0v) is 10.6. The van der Waals surface area contributed by atoms with E-state index in [2.05, 4.69) is 23.3 Å². The summed E-state index contributed by atoms with van der Waals surface area (Å²) in [7, 11) is 0. The van der Waals surface area contributed by atoms with Gasteiger partial charge in [-0.25, -0.2) is 0 Å². The van der Waals surface area contributed by atoms with E-state index >= 15 is 0 Å². The highest BCUT2D eigenvalue weighted by Gasteiger charge is 2.05. The molecule has 0 saturated heterocycles. The first-order chi connectivity index (χ1) is 7.71. The lowest BCUT2D eigenvalue weighted by atomic mass is 10.2. The number of nitrogens with zero attached hydrogens (tertiary/aromatic N) is 2. The predicted molar refractivity (Wildman–Crippen MR) is 66.8 cm³/mol. The van der Waals surface area contributed by atoms with E-state index < -0.39 is 0 Å². The van der Waals surface area contributed by atoms with Gasteiger partial charge in [-0.05, 0) is 19.2 Å². The standard InChI is InChI=1S/C13H22N2O/c1-4-13(16)12-7-8-15(11-12)10-9-14(5-2)6-3/h7-8,11H,4-6,9-10H2,1-3H3. The zero-order valence-electron chi connectivity index (χ0n) is 10.6. The van der Waals surface area contributed by atoms with Crippen LogP contribution < -0.4 is 0 Å². The smallest absolute Gasteiger partial charge is 0.164 e. The van der Waals surface area contributed by atoms with E-state index in [1.54, 1.807) is 0 Å². The normalized spacial score (nSPS) is 11.0. The summed E-state index contributed by atoms with van der Waals surface area (Å²) >= 11 is 0. The largest absolute Gasteiger partial charge is 0.352 e. The molecule has 3 heteroatoms. The number of hydrogen-bond acceptors (Lipinski definition) is 2. The third-order valence-electron chi connectivity index (χ3n) is 2.96. The van der Waals surface area contributed by atoms with E-state index in [9.17, 15) is 4.79 Å². The molecule has 0 unspecified atom stereocenters. The summed E-state index contributed by atoms with van der Waals surface area (Å²) in [6.07, 6.45) is 4.53. The molecule has 0 aromatic carbocycles. The lowest BCUT2D eigenvalue weighted by Gasteiger charge is -2.17. The molecule has 1 aromatic rings. The van der Waals surface area contributed by atoms with Crippen molar-refractivity contribution < 1.29 is 4.79 Å². The Morgan fingerprint density at radius 1 is 1.31 bits per heavy atom. The van der Waals surface area contributed by atoms with Gasteiger partial charge in [-0.15, -0.1) is 0 Å². The third kappa shape index (κ3) is 3.49. The van der Waals surface area contributed by atoms with Gasteiger partial charge in [0.1, 0.15) is 0 Å². The van der Waals surface area contributed by atoms with Gasteiger partial charge in [0.25, 0.3) is 0 Å². The Balaban J connectivity index is 2.49. The molecule has 0 amide bonds. The van der Waals surface area contributed by atoms with Crippen molar-refractivity contribution >= 4 is 5.78 Å². The molecule has 0 aliphatic carbocycles. The van der Waals surface area contributed by atoms with Crippen LogP contribution in [-0.2, 0) is 6.54 Å². The molecule has 0 spiro atoms. The highest BCUT2D eigenvalue weighted by molar-refractivity contribution is 5.95. The second-order valence-electron chi connectivity index (χ2n) is 3.94. The summed E-state index contributed by atoms with van der Waals surface area (Å²) in [4.78, 5) is 13.8. The number of carbonyl (C=O) groups is 1. The van der Waals surface area contributed by atoms with Crippen LogP contribution in [-0.4, -0.2) is 34.9 Å². The van der Waals surface area contributed by atoms with Crippen molar-refractivity contribution in [3.8, 4) is 0 Å². The Kier molecular flexibility index (Phi) is 5.26. The van der Waals surface area contributed by atoms with E-state index in [4.69, 9.17) is 0 Å². The Morgan fingerprint density at radius 3 is 2.56 bits per heavy atom. The molecule has 0 atom stereocenters. The molecule has 1 aromatic heterocycles. The number of carbonyl (C=O) groups excluding carboxylic acids is 1. The van der Waals surface area contributed by atoms with Gasteiger partial charge < -0.3 is 9.47 Å². The Bertz CT molecular complexity index is 326. The first-order valence-electron chi connectivity index (χ1n) is 6.12. The Labute approximate surface area is 98.1 Å².